The lowest BCUT2D eigenvalue weighted by atomic mass is 10.1. The van der Waals surface area contributed by atoms with Crippen LogP contribution < -0.4 is 10.0 Å². The summed E-state index contributed by atoms with van der Waals surface area (Å²) in [6.45, 7) is 5.57. The van der Waals surface area contributed by atoms with Crippen LogP contribution in [0, 0.1) is 13.8 Å². The summed E-state index contributed by atoms with van der Waals surface area (Å²) in [6.07, 6.45) is 0. The van der Waals surface area contributed by atoms with Gasteiger partial charge in [-0.15, -0.1) is 0 Å². The number of aryl methyl sites for hydroxylation is 2. The second kappa shape index (κ2) is 9.65. The molecule has 0 atom stereocenters. The molecule has 0 fully saturated rings. The molecule has 7 nitrogen and oxygen atoms in total. The Labute approximate surface area is 187 Å². The van der Waals surface area contributed by atoms with E-state index in [1.54, 1.807) is 68.4 Å². The Kier molecular flexibility index (Phi) is 6.95. The molecule has 0 aliphatic carbocycles. The zero-order valence-electron chi connectivity index (χ0n) is 18.0. The maximum atomic E-state index is 12.7. The lowest BCUT2D eigenvalue weighted by Gasteiger charge is -2.13. The van der Waals surface area contributed by atoms with Crippen molar-refractivity contribution >= 4 is 33.3 Å². The van der Waals surface area contributed by atoms with Crippen molar-refractivity contribution in [3.63, 3.8) is 0 Å². The van der Waals surface area contributed by atoms with E-state index in [-0.39, 0.29) is 17.4 Å². The van der Waals surface area contributed by atoms with Gasteiger partial charge in [-0.1, -0.05) is 23.8 Å². The Hall–Kier alpha value is -3.65. The van der Waals surface area contributed by atoms with Crippen LogP contribution in [0.5, 0.6) is 0 Å². The van der Waals surface area contributed by atoms with Crippen molar-refractivity contribution in [1.29, 1.82) is 0 Å². The van der Waals surface area contributed by atoms with Crippen LogP contribution in [0.15, 0.2) is 71.6 Å². The van der Waals surface area contributed by atoms with Crippen molar-refractivity contribution in [2.75, 3.05) is 16.6 Å². The average Bonchev–Trinajstić information content (AvgIpc) is 2.75. The van der Waals surface area contributed by atoms with E-state index in [1.165, 1.54) is 12.1 Å². The van der Waals surface area contributed by atoms with Crippen molar-refractivity contribution < 1.29 is 22.7 Å². The molecular weight excluding hydrogens is 428 g/mol. The molecule has 0 aliphatic heterocycles. The van der Waals surface area contributed by atoms with Crippen LogP contribution in [0.2, 0.25) is 0 Å². The fraction of sp³-hybridized carbons (Fsp3) is 0.167. The summed E-state index contributed by atoms with van der Waals surface area (Å²) in [7, 11) is -3.75. The number of nitrogens with one attached hydrogen (secondary N) is 2. The number of carbonyl (C=O) groups is 2. The molecule has 2 N–H and O–H groups in total. The Bertz CT molecular complexity index is 1250. The van der Waals surface area contributed by atoms with Crippen molar-refractivity contribution in [2.45, 2.75) is 25.7 Å². The summed E-state index contributed by atoms with van der Waals surface area (Å²) in [6, 6.07) is 17.7. The van der Waals surface area contributed by atoms with Crippen molar-refractivity contribution in [2.24, 2.45) is 0 Å². The van der Waals surface area contributed by atoms with Crippen LogP contribution in [0.1, 0.15) is 38.8 Å². The van der Waals surface area contributed by atoms with Gasteiger partial charge in [-0.3, -0.25) is 9.52 Å². The van der Waals surface area contributed by atoms with Crippen LogP contribution in [0.25, 0.3) is 0 Å². The fourth-order valence-electron chi connectivity index (χ4n) is 2.98. The lowest BCUT2D eigenvalue weighted by Crippen LogP contribution is -2.15. The first kappa shape index (κ1) is 23.0. The zero-order chi connectivity index (χ0) is 23.3. The Balaban J connectivity index is 1.75. The Morgan fingerprint density at radius 2 is 1.62 bits per heavy atom. The van der Waals surface area contributed by atoms with Gasteiger partial charge in [0, 0.05) is 11.3 Å². The largest absolute Gasteiger partial charge is 0.462 e. The van der Waals surface area contributed by atoms with Gasteiger partial charge >= 0.3 is 5.97 Å². The molecule has 3 aromatic rings. The summed E-state index contributed by atoms with van der Waals surface area (Å²) in [5, 5.41) is 2.74. The molecule has 0 radical (unpaired) electrons. The highest BCUT2D eigenvalue weighted by Gasteiger charge is 2.16. The third-order valence-corrected chi connectivity index (χ3v) is 6.08. The van der Waals surface area contributed by atoms with Crippen LogP contribution >= 0.6 is 0 Å². The summed E-state index contributed by atoms with van der Waals surface area (Å²) < 4.78 is 32.8. The predicted molar refractivity (Wildman–Crippen MR) is 124 cm³/mol. The van der Waals surface area contributed by atoms with Gasteiger partial charge in [0.1, 0.15) is 0 Å². The number of ether oxygens (including phenoxy) is 1. The average molecular weight is 453 g/mol. The van der Waals surface area contributed by atoms with Gasteiger partial charge in [0.2, 0.25) is 0 Å². The monoisotopic (exact) mass is 452 g/mol. The first-order chi connectivity index (χ1) is 15.2. The maximum Gasteiger partial charge on any atom is 0.338 e. The van der Waals surface area contributed by atoms with Crippen LogP contribution in [0.3, 0.4) is 0 Å². The zero-order valence-corrected chi connectivity index (χ0v) is 18.8. The molecule has 0 saturated carbocycles. The van der Waals surface area contributed by atoms with Gasteiger partial charge in [0.25, 0.3) is 15.9 Å². The number of amides is 1. The summed E-state index contributed by atoms with van der Waals surface area (Å²) in [5.41, 5.74) is 3.06. The van der Waals surface area contributed by atoms with Gasteiger partial charge in [-0.2, -0.15) is 0 Å². The number of hydrogen-bond donors (Lipinski definition) is 2. The maximum absolute atomic E-state index is 12.7. The molecule has 0 saturated heterocycles. The second-order valence-corrected chi connectivity index (χ2v) is 8.89. The molecule has 3 aromatic carbocycles. The third kappa shape index (κ3) is 5.53. The van der Waals surface area contributed by atoms with Gasteiger partial charge in [-0.05, 0) is 74.9 Å². The van der Waals surface area contributed by atoms with E-state index in [2.05, 4.69) is 10.0 Å². The number of carbonyl (C=O) groups excluding carboxylic acids is 2. The Morgan fingerprint density at radius 3 is 2.28 bits per heavy atom. The fourth-order valence-corrected chi connectivity index (χ4v) is 4.11. The number of anilines is 2. The molecule has 1 amide bonds. The second-order valence-electron chi connectivity index (χ2n) is 7.20. The number of esters is 1. The van der Waals surface area contributed by atoms with Gasteiger partial charge < -0.3 is 10.1 Å². The number of sulfonamides is 1. The van der Waals surface area contributed by atoms with Crippen molar-refractivity contribution in [3.05, 3.63) is 89.0 Å². The van der Waals surface area contributed by atoms with Gasteiger partial charge in [-0.25, -0.2) is 13.2 Å². The summed E-state index contributed by atoms with van der Waals surface area (Å²) >= 11 is 0. The van der Waals surface area contributed by atoms with Crippen molar-refractivity contribution in [3.8, 4) is 0 Å². The molecule has 0 spiro atoms. The Morgan fingerprint density at radius 1 is 0.906 bits per heavy atom. The van der Waals surface area contributed by atoms with Gasteiger partial charge in [0.05, 0.1) is 22.8 Å². The topological polar surface area (TPSA) is 102 Å². The minimum atomic E-state index is -3.75. The molecule has 8 heteroatoms. The molecule has 0 unspecified atom stereocenters. The SMILES string of the molecule is CCOC(=O)c1cccc(NC(=O)c2ccc(NS(=O)(=O)c3ccc(C)cc3)c(C)c2)c1. The van der Waals surface area contributed by atoms with Crippen LogP contribution in [0.4, 0.5) is 11.4 Å². The molecule has 166 valence electrons. The van der Waals surface area contributed by atoms with Crippen LogP contribution in [-0.4, -0.2) is 26.9 Å². The summed E-state index contributed by atoms with van der Waals surface area (Å²) in [4.78, 5) is 24.7. The number of benzene rings is 3. The van der Waals surface area contributed by atoms with E-state index in [0.717, 1.165) is 5.56 Å². The molecule has 0 heterocycles. The number of hydrogen-bond acceptors (Lipinski definition) is 5. The van der Waals surface area contributed by atoms with E-state index in [4.69, 9.17) is 4.74 Å². The molecule has 0 bridgehead atoms. The van der Waals surface area contributed by atoms with E-state index in [9.17, 15) is 18.0 Å². The van der Waals surface area contributed by atoms with E-state index < -0.39 is 16.0 Å². The predicted octanol–water partition coefficient (Wildman–Crippen LogP) is 4.53. The molecule has 0 aromatic heterocycles. The normalized spacial score (nSPS) is 11.0. The third-order valence-electron chi connectivity index (χ3n) is 4.70. The number of rotatable bonds is 7. The lowest BCUT2D eigenvalue weighted by molar-refractivity contribution is 0.0526. The minimum Gasteiger partial charge on any atom is -0.462 e. The van der Waals surface area contributed by atoms with E-state index in [1.807, 2.05) is 6.92 Å². The van der Waals surface area contributed by atoms with Gasteiger partial charge in [0.15, 0.2) is 0 Å². The highest BCUT2D eigenvalue weighted by molar-refractivity contribution is 7.92. The first-order valence-corrected chi connectivity index (χ1v) is 11.5. The standard InChI is InChI=1S/C24H24N2O5S/c1-4-31-24(28)19-6-5-7-20(15-19)25-23(27)18-10-13-22(17(3)14-18)26-32(29,30)21-11-8-16(2)9-12-21/h5-15,26H,4H2,1-3H3,(H,25,27). The molecular formula is C24H24N2O5S. The highest BCUT2D eigenvalue weighted by Crippen LogP contribution is 2.22. The minimum absolute atomic E-state index is 0.158. The molecule has 0 aliphatic rings. The van der Waals surface area contributed by atoms with E-state index >= 15 is 0 Å². The smallest absolute Gasteiger partial charge is 0.338 e. The highest BCUT2D eigenvalue weighted by atomic mass is 32.2. The van der Waals surface area contributed by atoms with Crippen LogP contribution in [-0.2, 0) is 14.8 Å². The van der Waals surface area contributed by atoms with E-state index in [0.29, 0.717) is 28.1 Å². The van der Waals surface area contributed by atoms with Crippen molar-refractivity contribution in [1.82, 2.24) is 0 Å². The molecule has 3 rings (SSSR count). The molecule has 32 heavy (non-hydrogen) atoms. The quantitative estimate of drug-likeness (QED) is 0.513. The first-order valence-electron chi connectivity index (χ1n) is 9.98. The summed E-state index contributed by atoms with van der Waals surface area (Å²) in [5.74, 6) is -0.855.